The number of fused-ring (bicyclic) bond motifs is 2. The second-order valence-electron chi connectivity index (χ2n) is 13.4. The van der Waals surface area contributed by atoms with Gasteiger partial charge >= 0.3 is 0 Å². The summed E-state index contributed by atoms with van der Waals surface area (Å²) >= 11 is 0. The van der Waals surface area contributed by atoms with Crippen LogP contribution < -0.4 is 5.73 Å². The Morgan fingerprint density at radius 1 is 1.11 bits per heavy atom. The van der Waals surface area contributed by atoms with E-state index in [2.05, 4.69) is 53.2 Å². The number of aliphatic hydroxyl groups is 2. The van der Waals surface area contributed by atoms with Gasteiger partial charge in [0.1, 0.15) is 6.10 Å². The largest absolute Gasteiger partial charge is 0.388 e. The van der Waals surface area contributed by atoms with Crippen molar-refractivity contribution in [1.82, 2.24) is 9.88 Å². The van der Waals surface area contributed by atoms with Crippen molar-refractivity contribution in [3.63, 3.8) is 0 Å². The predicted molar refractivity (Wildman–Crippen MR) is 146 cm³/mol. The van der Waals surface area contributed by atoms with Crippen molar-refractivity contribution in [2.75, 3.05) is 13.1 Å². The summed E-state index contributed by atoms with van der Waals surface area (Å²) in [5, 5.41) is 25.1. The van der Waals surface area contributed by atoms with Gasteiger partial charge in [-0.05, 0) is 96.4 Å². The zero-order valence-electron chi connectivity index (χ0n) is 22.2. The first-order valence-corrected chi connectivity index (χ1v) is 14.7. The van der Waals surface area contributed by atoms with Gasteiger partial charge in [0.15, 0.2) is 0 Å². The van der Waals surface area contributed by atoms with Crippen LogP contribution in [0.2, 0.25) is 0 Å². The molecule has 6 nitrogen and oxygen atoms in total. The molecule has 6 heteroatoms. The Hall–Kier alpha value is -2.09. The number of likely N-dealkylation sites (tertiary alicyclic amines) is 1. The fraction of sp³-hybridized carbons (Fsp3) is 0.594. The average Bonchev–Trinajstić information content (AvgIpc) is 3.60. The molecule has 0 amide bonds. The van der Waals surface area contributed by atoms with Crippen LogP contribution in [0.4, 0.5) is 0 Å². The standard InChI is InChI=1S/C32H39N3O3/c1-30-9-6-22-15-25-28(36)29(37)26(35-13-8-23(33)18-35)16-31(25)10-11-32(22,38-31)27(30)5-4-24(30)20-3-2-19-7-12-34-17-21(19)14-20/h2-3,6-7,12,14-15,17,23-24,26-29,36-37H,4-5,8-11,13,16,18,33H2,1H3/t23-,24?,26+,27-,28-,29-,30-,31-,32?/m1/s1. The lowest BCUT2D eigenvalue weighted by Crippen LogP contribution is -2.62. The zero-order chi connectivity index (χ0) is 25.9. The van der Waals surface area contributed by atoms with E-state index in [1.165, 1.54) is 28.3 Å². The lowest BCUT2D eigenvalue weighted by atomic mass is 9.58. The summed E-state index contributed by atoms with van der Waals surface area (Å²) < 4.78 is 7.37. The highest BCUT2D eigenvalue weighted by Gasteiger charge is 2.68. The van der Waals surface area contributed by atoms with Gasteiger partial charge in [0.05, 0.1) is 17.3 Å². The first kappa shape index (κ1) is 23.8. The number of benzene rings is 1. The van der Waals surface area contributed by atoms with Crippen molar-refractivity contribution in [2.24, 2.45) is 17.1 Å². The summed E-state index contributed by atoms with van der Waals surface area (Å²) in [5.41, 5.74) is 9.14. The van der Waals surface area contributed by atoms with Crippen LogP contribution in [0.15, 0.2) is 60.0 Å². The topological polar surface area (TPSA) is 91.8 Å². The highest BCUT2D eigenvalue weighted by Crippen LogP contribution is 2.69. The molecule has 8 rings (SSSR count). The summed E-state index contributed by atoms with van der Waals surface area (Å²) in [6.07, 6.45) is 13.7. The number of nitrogens with zero attached hydrogens (tertiary/aromatic N) is 2. The third-order valence-electron chi connectivity index (χ3n) is 11.6. The summed E-state index contributed by atoms with van der Waals surface area (Å²) in [7, 11) is 0. The van der Waals surface area contributed by atoms with E-state index in [9.17, 15) is 10.2 Å². The molecule has 4 fully saturated rings. The van der Waals surface area contributed by atoms with Crippen LogP contribution in [0, 0.1) is 11.3 Å². The van der Waals surface area contributed by atoms with Gasteiger partial charge in [0.25, 0.3) is 0 Å². The molecule has 4 N–H and O–H groups in total. The van der Waals surface area contributed by atoms with E-state index in [0.29, 0.717) is 11.8 Å². The molecule has 200 valence electrons. The van der Waals surface area contributed by atoms with Crippen molar-refractivity contribution in [3.05, 3.63) is 65.5 Å². The molecule has 2 aromatic rings. The number of hydrogen-bond donors (Lipinski definition) is 3. The molecular formula is C32H39N3O3. The number of aromatic nitrogens is 1. The minimum Gasteiger partial charge on any atom is -0.388 e. The smallest absolute Gasteiger partial charge is 0.105 e. The first-order chi connectivity index (χ1) is 18.3. The molecule has 38 heavy (non-hydrogen) atoms. The SMILES string of the molecule is C[C@]12CC=C3C=C4[C@@H](O)[C@H](O)[C@@H](N5CC[C@@H](N)C5)C[C@]45CCC3(O5)[C@@H]1CCC2c1ccc2ccncc2c1. The molecule has 2 unspecified atom stereocenters. The molecule has 4 heterocycles. The maximum atomic E-state index is 11.4. The molecule has 2 saturated heterocycles. The lowest BCUT2D eigenvalue weighted by molar-refractivity contribution is -0.167. The van der Waals surface area contributed by atoms with Crippen LogP contribution >= 0.6 is 0 Å². The van der Waals surface area contributed by atoms with E-state index >= 15 is 0 Å². The number of rotatable bonds is 2. The fourth-order valence-electron chi connectivity index (χ4n) is 9.76. The van der Waals surface area contributed by atoms with Crippen LogP contribution in [0.5, 0.6) is 0 Å². The summed E-state index contributed by atoms with van der Waals surface area (Å²) in [6, 6.07) is 9.06. The Kier molecular flexibility index (Phi) is 4.99. The van der Waals surface area contributed by atoms with Crippen molar-refractivity contribution in [3.8, 4) is 0 Å². The quantitative estimate of drug-likeness (QED) is 0.566. The van der Waals surface area contributed by atoms with Gasteiger partial charge in [0.2, 0.25) is 0 Å². The molecule has 2 saturated carbocycles. The maximum absolute atomic E-state index is 11.4. The van der Waals surface area contributed by atoms with Crippen molar-refractivity contribution in [1.29, 1.82) is 0 Å². The zero-order valence-corrected chi connectivity index (χ0v) is 22.2. The summed E-state index contributed by atoms with van der Waals surface area (Å²) in [5.74, 6) is 0.914. The molecule has 3 aliphatic carbocycles. The molecule has 0 radical (unpaired) electrons. The molecule has 6 aliphatic rings. The van der Waals surface area contributed by atoms with E-state index in [4.69, 9.17) is 10.5 Å². The third kappa shape index (κ3) is 3.04. The van der Waals surface area contributed by atoms with Crippen molar-refractivity contribution in [2.45, 2.75) is 93.3 Å². The number of ether oxygens (including phenoxy) is 1. The van der Waals surface area contributed by atoms with Gasteiger partial charge in [-0.25, -0.2) is 0 Å². The summed E-state index contributed by atoms with van der Waals surface area (Å²) in [4.78, 5) is 6.67. The Labute approximate surface area is 224 Å². The Morgan fingerprint density at radius 2 is 2.00 bits per heavy atom. The molecule has 2 bridgehead atoms. The van der Waals surface area contributed by atoms with Gasteiger partial charge in [-0.2, -0.15) is 0 Å². The average molecular weight is 514 g/mol. The molecule has 3 aliphatic heterocycles. The lowest BCUT2D eigenvalue weighted by Gasteiger charge is -2.56. The molecule has 9 atom stereocenters. The molecule has 1 aromatic carbocycles. The highest BCUT2D eigenvalue weighted by molar-refractivity contribution is 5.82. The van der Waals surface area contributed by atoms with Crippen LogP contribution in [0.25, 0.3) is 10.8 Å². The van der Waals surface area contributed by atoms with E-state index < -0.39 is 17.8 Å². The Balaban J connectivity index is 1.16. The first-order valence-electron chi connectivity index (χ1n) is 14.7. The van der Waals surface area contributed by atoms with E-state index in [0.717, 1.165) is 57.2 Å². The van der Waals surface area contributed by atoms with Gasteiger partial charge in [-0.15, -0.1) is 0 Å². The highest BCUT2D eigenvalue weighted by atomic mass is 16.5. The molecular weight excluding hydrogens is 474 g/mol. The fourth-order valence-corrected chi connectivity index (χ4v) is 9.76. The number of nitrogens with two attached hydrogens (primary N) is 1. The summed E-state index contributed by atoms with van der Waals surface area (Å²) in [6.45, 7) is 4.15. The van der Waals surface area contributed by atoms with E-state index in [1.54, 1.807) is 0 Å². The Bertz CT molecular complexity index is 1370. The molecule has 2 spiro atoms. The third-order valence-corrected chi connectivity index (χ3v) is 11.6. The minimum atomic E-state index is -0.890. The number of aliphatic hydroxyl groups excluding tert-OH is 2. The monoisotopic (exact) mass is 513 g/mol. The van der Waals surface area contributed by atoms with Gasteiger partial charge in [-0.3, -0.25) is 9.88 Å². The number of pyridine rings is 1. The van der Waals surface area contributed by atoms with Gasteiger partial charge in [-0.1, -0.05) is 31.2 Å². The number of hydrogen-bond acceptors (Lipinski definition) is 6. The second-order valence-corrected chi connectivity index (χ2v) is 13.4. The van der Waals surface area contributed by atoms with E-state index in [1.807, 2.05) is 12.4 Å². The Morgan fingerprint density at radius 3 is 2.84 bits per heavy atom. The predicted octanol–water partition coefficient (Wildman–Crippen LogP) is 3.82. The van der Waals surface area contributed by atoms with Crippen molar-refractivity contribution >= 4 is 10.8 Å². The van der Waals surface area contributed by atoms with Gasteiger partial charge < -0.3 is 20.7 Å². The second kappa shape index (κ2) is 7.98. The molecule has 1 aromatic heterocycles. The number of allylic oxidation sites excluding steroid dienone is 1. The van der Waals surface area contributed by atoms with Crippen LogP contribution in [-0.4, -0.2) is 68.7 Å². The maximum Gasteiger partial charge on any atom is 0.105 e. The minimum absolute atomic E-state index is 0.115. The van der Waals surface area contributed by atoms with E-state index in [-0.39, 0.29) is 23.1 Å². The van der Waals surface area contributed by atoms with Gasteiger partial charge in [0, 0.05) is 43.0 Å². The van der Waals surface area contributed by atoms with Crippen LogP contribution in [0.1, 0.15) is 63.4 Å². The normalized spacial score (nSPS) is 45.9. The van der Waals surface area contributed by atoms with Crippen molar-refractivity contribution < 1.29 is 14.9 Å². The van der Waals surface area contributed by atoms with Crippen LogP contribution in [-0.2, 0) is 4.74 Å². The van der Waals surface area contributed by atoms with Crippen LogP contribution in [0.3, 0.4) is 0 Å².